The lowest BCUT2D eigenvalue weighted by Crippen LogP contribution is -2.24. The van der Waals surface area contributed by atoms with Gasteiger partial charge in [-0.2, -0.15) is 0 Å². The third-order valence-corrected chi connectivity index (χ3v) is 11.8. The second-order valence-corrected chi connectivity index (χ2v) is 15.6. The van der Waals surface area contributed by atoms with Gasteiger partial charge in [-0.1, -0.05) is 95.5 Å². The monoisotopic (exact) mass is 772 g/mol. The van der Waals surface area contributed by atoms with Gasteiger partial charge in [-0.25, -0.2) is 27.2 Å². The number of halogens is 4. The minimum absolute atomic E-state index is 0.00199. The topological polar surface area (TPSA) is 63.6 Å². The van der Waals surface area contributed by atoms with Gasteiger partial charge in [0.05, 0.1) is 11.1 Å². The van der Waals surface area contributed by atoms with Crippen LogP contribution in [-0.2, 0) is 4.74 Å². The fourth-order valence-corrected chi connectivity index (χ4v) is 8.38. The van der Waals surface area contributed by atoms with Crippen molar-refractivity contribution in [1.82, 2.24) is 0 Å². The van der Waals surface area contributed by atoms with E-state index < -0.39 is 23.4 Å². The Kier molecular flexibility index (Phi) is 16.1. The highest BCUT2D eigenvalue weighted by atomic mass is 19.1. The number of aromatic carboxylic acids is 1. The SMILES string of the molecule is CCC1CCC(c2c(-c3ccc(F)cc3)ccc(C(=O)O)c2F)CC1.CCCCCCCCC1CCC(OC(=O)c2ccc(-c3ccc(F)cc3F)cc2)CC1. The number of esters is 1. The van der Waals surface area contributed by atoms with Crippen LogP contribution in [0.4, 0.5) is 17.6 Å². The second-order valence-electron chi connectivity index (χ2n) is 15.6. The molecule has 0 spiro atoms. The molecule has 2 fully saturated rings. The van der Waals surface area contributed by atoms with Crippen molar-refractivity contribution in [2.24, 2.45) is 11.8 Å². The fraction of sp³-hybridized carbons (Fsp3) is 0.458. The number of ether oxygens (including phenoxy) is 1. The summed E-state index contributed by atoms with van der Waals surface area (Å²) in [5.41, 5.74) is 2.93. The van der Waals surface area contributed by atoms with Crippen LogP contribution in [0.5, 0.6) is 0 Å². The van der Waals surface area contributed by atoms with Gasteiger partial charge in [0.2, 0.25) is 0 Å². The molecule has 0 atom stereocenters. The molecule has 300 valence electrons. The predicted molar refractivity (Wildman–Crippen MR) is 215 cm³/mol. The lowest BCUT2D eigenvalue weighted by atomic mass is 9.75. The maximum absolute atomic E-state index is 15.1. The van der Waals surface area contributed by atoms with Crippen molar-refractivity contribution >= 4 is 11.9 Å². The summed E-state index contributed by atoms with van der Waals surface area (Å²) in [6.45, 7) is 4.41. The van der Waals surface area contributed by atoms with E-state index in [1.807, 2.05) is 0 Å². The molecule has 0 aliphatic heterocycles. The highest BCUT2D eigenvalue weighted by Crippen LogP contribution is 2.43. The molecule has 2 saturated carbocycles. The maximum atomic E-state index is 15.1. The number of rotatable bonds is 14. The first-order valence-electron chi connectivity index (χ1n) is 20.7. The summed E-state index contributed by atoms with van der Waals surface area (Å²) < 4.78 is 61.1. The molecule has 0 saturated heterocycles. The van der Waals surface area contributed by atoms with Crippen molar-refractivity contribution < 1.29 is 37.0 Å². The molecular formula is C48H56F4O4. The van der Waals surface area contributed by atoms with Crippen LogP contribution >= 0.6 is 0 Å². The molecule has 0 aromatic heterocycles. The molecule has 0 unspecified atom stereocenters. The average molecular weight is 773 g/mol. The van der Waals surface area contributed by atoms with Crippen LogP contribution in [0.15, 0.2) is 78.9 Å². The Morgan fingerprint density at radius 2 is 1.21 bits per heavy atom. The first-order chi connectivity index (χ1) is 27.1. The molecule has 0 bridgehead atoms. The Morgan fingerprint density at radius 3 is 1.84 bits per heavy atom. The minimum Gasteiger partial charge on any atom is -0.478 e. The van der Waals surface area contributed by atoms with E-state index in [9.17, 15) is 27.9 Å². The van der Waals surface area contributed by atoms with Crippen molar-refractivity contribution in [3.8, 4) is 22.3 Å². The summed E-state index contributed by atoms with van der Waals surface area (Å²) in [7, 11) is 0. The molecule has 0 amide bonds. The van der Waals surface area contributed by atoms with E-state index >= 15 is 4.39 Å². The van der Waals surface area contributed by atoms with E-state index in [4.69, 9.17) is 4.74 Å². The van der Waals surface area contributed by atoms with Gasteiger partial charge in [-0.15, -0.1) is 0 Å². The van der Waals surface area contributed by atoms with Gasteiger partial charge in [0.15, 0.2) is 0 Å². The molecule has 0 heterocycles. The summed E-state index contributed by atoms with van der Waals surface area (Å²) in [5.74, 6) is -2.37. The van der Waals surface area contributed by atoms with Gasteiger partial charge in [0, 0.05) is 11.6 Å². The smallest absolute Gasteiger partial charge is 0.338 e. The molecule has 0 radical (unpaired) electrons. The first kappa shape index (κ1) is 42.7. The van der Waals surface area contributed by atoms with Crippen LogP contribution in [0.3, 0.4) is 0 Å². The zero-order chi connectivity index (χ0) is 40.0. The Bertz CT molecular complexity index is 1860. The summed E-state index contributed by atoms with van der Waals surface area (Å²) >= 11 is 0. The lowest BCUT2D eigenvalue weighted by molar-refractivity contribution is 0.0160. The standard InChI is InChI=1S/C27H34F2O2.C21H22F2O2/c1-2-3-4-5-6-7-8-20-9-16-24(17-10-20)31-27(30)22-13-11-21(12-14-22)25-18-15-23(28)19-26(25)29;1-2-13-3-5-15(6-4-13)19-17(14-7-9-16(22)10-8-14)11-12-18(20(19)23)21(24)25/h11-15,18-20,24H,2-10,16-17H2,1H3;7-13,15H,2-6H2,1H3,(H,24,25). The molecule has 1 N–H and O–H groups in total. The Morgan fingerprint density at radius 1 is 0.643 bits per heavy atom. The number of benzene rings is 4. The quantitative estimate of drug-likeness (QED) is 0.0787. The van der Waals surface area contributed by atoms with Crippen LogP contribution in [0.25, 0.3) is 22.3 Å². The van der Waals surface area contributed by atoms with E-state index in [1.54, 1.807) is 42.5 Å². The van der Waals surface area contributed by atoms with Crippen molar-refractivity contribution in [3.05, 3.63) is 119 Å². The maximum Gasteiger partial charge on any atom is 0.338 e. The van der Waals surface area contributed by atoms with Gasteiger partial charge in [-0.3, -0.25) is 0 Å². The van der Waals surface area contributed by atoms with Gasteiger partial charge < -0.3 is 9.84 Å². The number of carbonyl (C=O) groups excluding carboxylic acids is 1. The minimum atomic E-state index is -1.26. The molecule has 4 aromatic carbocycles. The van der Waals surface area contributed by atoms with Gasteiger partial charge in [-0.05, 0) is 134 Å². The van der Waals surface area contributed by atoms with Crippen LogP contribution in [-0.4, -0.2) is 23.1 Å². The zero-order valence-electron chi connectivity index (χ0n) is 32.8. The molecule has 2 aliphatic rings. The molecule has 56 heavy (non-hydrogen) atoms. The Hall–Kier alpha value is -4.46. The van der Waals surface area contributed by atoms with Gasteiger partial charge in [0.25, 0.3) is 0 Å². The largest absolute Gasteiger partial charge is 0.478 e. The van der Waals surface area contributed by atoms with E-state index in [2.05, 4.69) is 13.8 Å². The van der Waals surface area contributed by atoms with Crippen molar-refractivity contribution in [2.75, 3.05) is 0 Å². The van der Waals surface area contributed by atoms with E-state index in [1.165, 1.54) is 75.3 Å². The Labute approximate surface area is 329 Å². The van der Waals surface area contributed by atoms with E-state index in [-0.39, 0.29) is 29.4 Å². The number of carbonyl (C=O) groups is 2. The molecule has 6 rings (SSSR count). The summed E-state index contributed by atoms with van der Waals surface area (Å²) in [6, 6.07) is 19.0. The summed E-state index contributed by atoms with van der Waals surface area (Å²) in [4.78, 5) is 23.9. The Balaban J connectivity index is 0.000000219. The van der Waals surface area contributed by atoms with Crippen molar-refractivity contribution in [2.45, 2.75) is 129 Å². The number of carboxylic acid groups (broad SMARTS) is 1. The first-order valence-corrected chi connectivity index (χ1v) is 20.7. The lowest BCUT2D eigenvalue weighted by Gasteiger charge is -2.30. The number of hydrogen-bond donors (Lipinski definition) is 1. The number of hydrogen-bond acceptors (Lipinski definition) is 3. The van der Waals surface area contributed by atoms with Crippen molar-refractivity contribution in [1.29, 1.82) is 0 Å². The third-order valence-electron chi connectivity index (χ3n) is 11.8. The van der Waals surface area contributed by atoms with Gasteiger partial charge in [0.1, 0.15) is 29.4 Å². The molecule has 2 aliphatic carbocycles. The number of carboxylic acids is 1. The normalized spacial score (nSPS) is 19.5. The zero-order valence-corrected chi connectivity index (χ0v) is 32.8. The van der Waals surface area contributed by atoms with Crippen LogP contribution < -0.4 is 0 Å². The highest BCUT2D eigenvalue weighted by molar-refractivity contribution is 5.90. The second kappa shape index (κ2) is 21.2. The molecule has 4 nitrogen and oxygen atoms in total. The average Bonchev–Trinajstić information content (AvgIpc) is 3.20. The predicted octanol–water partition coefficient (Wildman–Crippen LogP) is 14.1. The highest BCUT2D eigenvalue weighted by Gasteiger charge is 2.29. The van der Waals surface area contributed by atoms with Crippen LogP contribution in [0.1, 0.15) is 149 Å². The molecule has 8 heteroatoms. The summed E-state index contributed by atoms with van der Waals surface area (Å²) in [6.07, 6.45) is 18.3. The fourth-order valence-electron chi connectivity index (χ4n) is 8.38. The van der Waals surface area contributed by atoms with E-state index in [0.717, 1.165) is 69.8 Å². The van der Waals surface area contributed by atoms with Gasteiger partial charge >= 0.3 is 11.9 Å². The van der Waals surface area contributed by atoms with E-state index in [0.29, 0.717) is 39.3 Å². The summed E-state index contributed by atoms with van der Waals surface area (Å²) in [5, 5.41) is 9.28. The molecular weight excluding hydrogens is 717 g/mol. The number of unbranched alkanes of at least 4 members (excludes halogenated alkanes) is 5. The van der Waals surface area contributed by atoms with Crippen LogP contribution in [0.2, 0.25) is 0 Å². The van der Waals surface area contributed by atoms with Crippen molar-refractivity contribution in [3.63, 3.8) is 0 Å². The van der Waals surface area contributed by atoms with Crippen LogP contribution in [0, 0.1) is 35.1 Å². The molecule has 4 aromatic rings. The third kappa shape index (κ3) is 11.8.